The normalized spacial score (nSPS) is 11.6. The summed E-state index contributed by atoms with van der Waals surface area (Å²) in [5, 5.41) is 0. The van der Waals surface area contributed by atoms with Gasteiger partial charge in [0, 0.05) is 11.1 Å². The Morgan fingerprint density at radius 3 is 2.41 bits per heavy atom. The zero-order valence-electron chi connectivity index (χ0n) is 11.4. The van der Waals surface area contributed by atoms with Crippen LogP contribution in [0.1, 0.15) is 50.5 Å². The summed E-state index contributed by atoms with van der Waals surface area (Å²) in [6.07, 6.45) is 0.876. The highest BCUT2D eigenvalue weighted by Gasteiger charge is 2.19. The topological polar surface area (TPSA) is 26.3 Å². The minimum absolute atomic E-state index is 0.0225. The number of benzene rings is 1. The van der Waals surface area contributed by atoms with Crippen LogP contribution in [-0.2, 0) is 5.41 Å². The number of aldehydes is 1. The average molecular weight is 234 g/mol. The fraction of sp³-hybridized carbons (Fsp3) is 0.533. The van der Waals surface area contributed by atoms with Crippen LogP contribution in [0, 0.1) is 5.92 Å². The maximum absolute atomic E-state index is 10.8. The maximum Gasteiger partial charge on any atom is 0.150 e. The second kappa shape index (κ2) is 5.35. The van der Waals surface area contributed by atoms with Crippen LogP contribution in [-0.4, -0.2) is 12.9 Å². The lowest BCUT2D eigenvalue weighted by atomic mass is 9.85. The Hall–Kier alpha value is -1.31. The lowest BCUT2D eigenvalue weighted by Crippen LogP contribution is -2.15. The second-order valence-corrected chi connectivity index (χ2v) is 5.83. The van der Waals surface area contributed by atoms with E-state index in [9.17, 15) is 4.79 Å². The molecule has 1 aromatic rings. The van der Waals surface area contributed by atoms with E-state index in [1.54, 1.807) is 6.07 Å². The van der Waals surface area contributed by atoms with Crippen LogP contribution in [0.2, 0.25) is 0 Å². The molecule has 0 N–H and O–H groups in total. The predicted octanol–water partition coefficient (Wildman–Crippen LogP) is 3.83. The van der Waals surface area contributed by atoms with Gasteiger partial charge in [-0.2, -0.15) is 0 Å². The Morgan fingerprint density at radius 1 is 1.29 bits per heavy atom. The van der Waals surface area contributed by atoms with Crippen molar-refractivity contribution >= 4 is 6.29 Å². The molecule has 0 heterocycles. The largest absolute Gasteiger partial charge is 0.493 e. The lowest BCUT2D eigenvalue weighted by molar-refractivity contribution is 0.112. The third kappa shape index (κ3) is 3.88. The van der Waals surface area contributed by atoms with Crippen LogP contribution in [0.3, 0.4) is 0 Å². The quantitative estimate of drug-likeness (QED) is 0.740. The first-order chi connectivity index (χ1) is 7.84. The molecular formula is C15H22O2. The summed E-state index contributed by atoms with van der Waals surface area (Å²) in [5.41, 5.74) is 1.76. The van der Waals surface area contributed by atoms with E-state index < -0.39 is 0 Å². The molecule has 0 radical (unpaired) electrons. The van der Waals surface area contributed by atoms with Crippen molar-refractivity contribution < 1.29 is 9.53 Å². The highest BCUT2D eigenvalue weighted by Crippen LogP contribution is 2.32. The predicted molar refractivity (Wildman–Crippen MR) is 70.9 cm³/mol. The van der Waals surface area contributed by atoms with Gasteiger partial charge in [-0.3, -0.25) is 4.79 Å². The zero-order chi connectivity index (χ0) is 13.1. The molecule has 0 aromatic heterocycles. The first-order valence-corrected chi connectivity index (χ1v) is 6.07. The van der Waals surface area contributed by atoms with Crippen LogP contribution in [0.4, 0.5) is 0 Å². The van der Waals surface area contributed by atoms with Crippen molar-refractivity contribution in [3.8, 4) is 5.75 Å². The van der Waals surface area contributed by atoms with Crippen LogP contribution in [0.15, 0.2) is 18.2 Å². The maximum atomic E-state index is 10.8. The van der Waals surface area contributed by atoms with Crippen LogP contribution in [0.25, 0.3) is 0 Å². The minimum atomic E-state index is -0.0225. The third-order valence-corrected chi connectivity index (χ3v) is 2.52. The summed E-state index contributed by atoms with van der Waals surface area (Å²) in [4.78, 5) is 10.8. The Balaban J connectivity index is 3.07. The van der Waals surface area contributed by atoms with Gasteiger partial charge >= 0.3 is 0 Å². The molecule has 17 heavy (non-hydrogen) atoms. The molecule has 0 spiro atoms. The molecule has 0 saturated carbocycles. The van der Waals surface area contributed by atoms with Gasteiger partial charge in [-0.25, -0.2) is 0 Å². The van der Waals surface area contributed by atoms with Gasteiger partial charge in [0.1, 0.15) is 12.0 Å². The van der Waals surface area contributed by atoms with Gasteiger partial charge in [-0.05, 0) is 29.5 Å². The van der Waals surface area contributed by atoms with Gasteiger partial charge in [0.05, 0.1) is 6.61 Å². The molecule has 0 bridgehead atoms. The molecule has 94 valence electrons. The summed E-state index contributed by atoms with van der Waals surface area (Å²) in [5.74, 6) is 1.38. The number of carbonyl (C=O) groups excluding carboxylic acids is 1. The molecule has 0 aliphatic carbocycles. The fourth-order valence-electron chi connectivity index (χ4n) is 1.59. The highest BCUT2D eigenvalue weighted by atomic mass is 16.5. The summed E-state index contributed by atoms with van der Waals surface area (Å²) in [6.45, 7) is 11.3. The summed E-state index contributed by atoms with van der Waals surface area (Å²) >= 11 is 0. The van der Waals surface area contributed by atoms with E-state index in [1.807, 2.05) is 12.1 Å². The molecule has 0 saturated heterocycles. The monoisotopic (exact) mass is 234 g/mol. The van der Waals surface area contributed by atoms with Gasteiger partial charge in [0.25, 0.3) is 0 Å². The summed E-state index contributed by atoms with van der Waals surface area (Å²) in [7, 11) is 0. The van der Waals surface area contributed by atoms with Crippen molar-refractivity contribution in [2.24, 2.45) is 5.92 Å². The Bertz CT molecular complexity index is 386. The van der Waals surface area contributed by atoms with Gasteiger partial charge in [0.2, 0.25) is 0 Å². The number of carbonyl (C=O) groups is 1. The molecule has 0 unspecified atom stereocenters. The SMILES string of the molecule is CC(C)COc1ccc(C=O)cc1C(C)(C)C. The molecule has 2 heteroatoms. The van der Waals surface area contributed by atoms with Crippen molar-refractivity contribution in [2.45, 2.75) is 40.0 Å². The average Bonchev–Trinajstić information content (AvgIpc) is 2.24. The van der Waals surface area contributed by atoms with E-state index in [2.05, 4.69) is 34.6 Å². The number of rotatable bonds is 4. The van der Waals surface area contributed by atoms with Crippen molar-refractivity contribution in [2.75, 3.05) is 6.61 Å². The van der Waals surface area contributed by atoms with Crippen LogP contribution >= 0.6 is 0 Å². The second-order valence-electron chi connectivity index (χ2n) is 5.83. The molecule has 0 aliphatic heterocycles. The van der Waals surface area contributed by atoms with Crippen LogP contribution in [0.5, 0.6) is 5.75 Å². The van der Waals surface area contributed by atoms with Gasteiger partial charge in [-0.1, -0.05) is 34.6 Å². The molecule has 0 aliphatic rings. The van der Waals surface area contributed by atoms with Gasteiger partial charge in [-0.15, -0.1) is 0 Å². The van der Waals surface area contributed by atoms with E-state index >= 15 is 0 Å². The third-order valence-electron chi connectivity index (χ3n) is 2.52. The number of ether oxygens (including phenoxy) is 1. The summed E-state index contributed by atoms with van der Waals surface area (Å²) < 4.78 is 5.81. The molecule has 0 amide bonds. The lowest BCUT2D eigenvalue weighted by Gasteiger charge is -2.23. The van der Waals surface area contributed by atoms with E-state index in [0.29, 0.717) is 18.1 Å². The van der Waals surface area contributed by atoms with Crippen LogP contribution < -0.4 is 4.74 Å². The fourth-order valence-corrected chi connectivity index (χ4v) is 1.59. The van der Waals surface area contributed by atoms with E-state index in [0.717, 1.165) is 17.6 Å². The molecule has 0 fully saturated rings. The first kappa shape index (κ1) is 13.8. The van der Waals surface area contributed by atoms with E-state index in [-0.39, 0.29) is 5.41 Å². The molecule has 2 nitrogen and oxygen atoms in total. The molecular weight excluding hydrogens is 212 g/mol. The molecule has 1 aromatic carbocycles. The zero-order valence-corrected chi connectivity index (χ0v) is 11.4. The van der Waals surface area contributed by atoms with Gasteiger partial charge < -0.3 is 4.74 Å². The molecule has 1 rings (SSSR count). The standard InChI is InChI=1S/C15H22O2/c1-11(2)10-17-14-7-6-12(9-16)8-13(14)15(3,4)5/h6-9,11H,10H2,1-5H3. The smallest absolute Gasteiger partial charge is 0.150 e. The Morgan fingerprint density at radius 2 is 1.94 bits per heavy atom. The van der Waals surface area contributed by atoms with Gasteiger partial charge in [0.15, 0.2) is 0 Å². The number of hydrogen-bond donors (Lipinski definition) is 0. The van der Waals surface area contributed by atoms with E-state index in [1.165, 1.54) is 0 Å². The number of hydrogen-bond acceptors (Lipinski definition) is 2. The Labute approximate surface area is 104 Å². The minimum Gasteiger partial charge on any atom is -0.493 e. The van der Waals surface area contributed by atoms with E-state index in [4.69, 9.17) is 4.74 Å². The van der Waals surface area contributed by atoms with Crippen molar-refractivity contribution in [1.29, 1.82) is 0 Å². The molecule has 0 atom stereocenters. The highest BCUT2D eigenvalue weighted by molar-refractivity contribution is 5.75. The van der Waals surface area contributed by atoms with Crippen molar-refractivity contribution in [3.63, 3.8) is 0 Å². The van der Waals surface area contributed by atoms with Crippen molar-refractivity contribution in [3.05, 3.63) is 29.3 Å². The first-order valence-electron chi connectivity index (χ1n) is 6.07. The Kier molecular flexibility index (Phi) is 4.33. The van der Waals surface area contributed by atoms with Crippen molar-refractivity contribution in [1.82, 2.24) is 0 Å². The summed E-state index contributed by atoms with van der Waals surface area (Å²) in [6, 6.07) is 5.62.